The molecule has 1 rings (SSSR count). The van der Waals surface area contributed by atoms with Crippen molar-refractivity contribution in [3.8, 4) is 11.5 Å². The van der Waals surface area contributed by atoms with Gasteiger partial charge in [-0.05, 0) is 37.7 Å². The number of guanidine groups is 1. The van der Waals surface area contributed by atoms with Gasteiger partial charge in [0.2, 0.25) is 0 Å². The third-order valence-corrected chi connectivity index (χ3v) is 3.62. The van der Waals surface area contributed by atoms with Gasteiger partial charge in [0.05, 0.1) is 13.7 Å². The summed E-state index contributed by atoms with van der Waals surface area (Å²) in [6.45, 7) is 4.85. The molecule has 8 heteroatoms. The maximum Gasteiger partial charge on any atom is 0.191 e. The monoisotopic (exact) mass is 480 g/mol. The number of rotatable bonds is 12. The summed E-state index contributed by atoms with van der Waals surface area (Å²) in [7, 11) is 7.25. The first-order valence-electron chi connectivity index (χ1n) is 8.58. The molecule has 1 aromatic carbocycles. The van der Waals surface area contributed by atoms with Crippen LogP contribution in [-0.2, 0) is 4.74 Å². The van der Waals surface area contributed by atoms with Crippen LogP contribution >= 0.6 is 24.0 Å². The molecular formula is C18H33IN4O3. The van der Waals surface area contributed by atoms with Crippen molar-refractivity contribution in [3.05, 3.63) is 24.3 Å². The molecular weight excluding hydrogens is 447 g/mol. The maximum atomic E-state index is 5.68. The van der Waals surface area contributed by atoms with E-state index in [9.17, 15) is 0 Å². The van der Waals surface area contributed by atoms with Crippen LogP contribution in [0.4, 0.5) is 0 Å². The van der Waals surface area contributed by atoms with Gasteiger partial charge in [-0.15, -0.1) is 24.0 Å². The van der Waals surface area contributed by atoms with Crippen molar-refractivity contribution >= 4 is 29.9 Å². The fraction of sp³-hybridized carbons (Fsp3) is 0.611. The van der Waals surface area contributed by atoms with E-state index in [-0.39, 0.29) is 24.0 Å². The minimum Gasteiger partial charge on any atom is -0.497 e. The average molecular weight is 480 g/mol. The third kappa shape index (κ3) is 11.4. The van der Waals surface area contributed by atoms with Gasteiger partial charge in [0.25, 0.3) is 0 Å². The van der Waals surface area contributed by atoms with Gasteiger partial charge in [0.1, 0.15) is 18.1 Å². The van der Waals surface area contributed by atoms with Crippen molar-refractivity contribution in [2.45, 2.75) is 6.42 Å². The Bertz CT molecular complexity index is 486. The Morgan fingerprint density at radius 1 is 1.00 bits per heavy atom. The number of nitrogens with zero attached hydrogens (tertiary/aromatic N) is 2. The Balaban J connectivity index is 0.00000625. The van der Waals surface area contributed by atoms with E-state index in [4.69, 9.17) is 14.2 Å². The molecule has 0 fully saturated rings. The molecule has 0 saturated heterocycles. The van der Waals surface area contributed by atoms with Crippen LogP contribution < -0.4 is 20.1 Å². The van der Waals surface area contributed by atoms with Gasteiger partial charge < -0.3 is 29.7 Å². The molecule has 0 spiro atoms. The van der Waals surface area contributed by atoms with Gasteiger partial charge in [0.15, 0.2) is 5.96 Å². The van der Waals surface area contributed by atoms with Crippen LogP contribution in [0, 0.1) is 0 Å². The molecule has 0 radical (unpaired) electrons. The van der Waals surface area contributed by atoms with E-state index in [1.54, 1.807) is 21.3 Å². The maximum absolute atomic E-state index is 5.68. The summed E-state index contributed by atoms with van der Waals surface area (Å²) in [5.41, 5.74) is 0. The predicted molar refractivity (Wildman–Crippen MR) is 117 cm³/mol. The summed E-state index contributed by atoms with van der Waals surface area (Å²) in [5.74, 6) is 2.43. The lowest BCUT2D eigenvalue weighted by Gasteiger charge is -2.18. The van der Waals surface area contributed by atoms with Crippen LogP contribution in [0.15, 0.2) is 29.3 Å². The van der Waals surface area contributed by atoms with E-state index >= 15 is 0 Å². The highest BCUT2D eigenvalue weighted by molar-refractivity contribution is 14.0. The number of hydrogen-bond acceptors (Lipinski definition) is 5. The number of ether oxygens (including phenoxy) is 3. The Kier molecular flexibility index (Phi) is 15.2. The Labute approximate surface area is 174 Å². The second-order valence-corrected chi connectivity index (χ2v) is 5.60. The summed E-state index contributed by atoms with van der Waals surface area (Å²) in [6, 6.07) is 7.55. The van der Waals surface area contributed by atoms with Crippen LogP contribution in [-0.4, -0.2) is 78.6 Å². The van der Waals surface area contributed by atoms with Gasteiger partial charge in [-0.1, -0.05) is 0 Å². The summed E-state index contributed by atoms with van der Waals surface area (Å²) in [6.07, 6.45) is 1.04. The van der Waals surface area contributed by atoms with Crippen LogP contribution in [0.2, 0.25) is 0 Å². The summed E-state index contributed by atoms with van der Waals surface area (Å²) in [5, 5.41) is 6.54. The molecule has 0 aromatic heterocycles. The number of hydrogen-bond donors (Lipinski definition) is 2. The number of benzene rings is 1. The molecule has 1 aromatic rings. The normalized spacial score (nSPS) is 11.0. The fourth-order valence-electron chi connectivity index (χ4n) is 2.19. The molecule has 0 unspecified atom stereocenters. The number of methoxy groups -OCH3 is 2. The topological polar surface area (TPSA) is 67.4 Å². The molecule has 0 aliphatic heterocycles. The first kappa shape index (κ1) is 24.7. The van der Waals surface area contributed by atoms with Gasteiger partial charge in [-0.2, -0.15) is 0 Å². The van der Waals surface area contributed by atoms with Crippen molar-refractivity contribution < 1.29 is 14.2 Å². The minimum atomic E-state index is 0. The van der Waals surface area contributed by atoms with Gasteiger partial charge in [-0.3, -0.25) is 4.99 Å². The van der Waals surface area contributed by atoms with Gasteiger partial charge in [0, 0.05) is 40.4 Å². The summed E-state index contributed by atoms with van der Waals surface area (Å²) in [4.78, 5) is 6.48. The number of aliphatic imine (C=N–C) groups is 1. The van der Waals surface area contributed by atoms with Crippen LogP contribution in [0.25, 0.3) is 0 Å². The fourth-order valence-corrected chi connectivity index (χ4v) is 2.19. The summed E-state index contributed by atoms with van der Waals surface area (Å²) >= 11 is 0. The van der Waals surface area contributed by atoms with E-state index in [1.165, 1.54) is 0 Å². The Morgan fingerprint density at radius 3 is 2.27 bits per heavy atom. The standard InChI is InChI=1S/C18H32N4O3.HI/c1-19-18(20-10-13-22(2)12-5-14-23-3)21-11-15-25-17-8-6-16(24-4)7-9-17;/h6-9H,5,10-15H2,1-4H3,(H2,19,20,21);1H. The first-order chi connectivity index (χ1) is 12.2. The largest absolute Gasteiger partial charge is 0.497 e. The zero-order valence-electron chi connectivity index (χ0n) is 16.3. The zero-order chi connectivity index (χ0) is 18.3. The molecule has 0 bridgehead atoms. The van der Waals surface area contributed by atoms with Crippen molar-refractivity contribution in [1.29, 1.82) is 0 Å². The minimum absolute atomic E-state index is 0. The molecule has 0 amide bonds. The zero-order valence-corrected chi connectivity index (χ0v) is 18.6. The van der Waals surface area contributed by atoms with E-state index in [0.29, 0.717) is 13.2 Å². The van der Waals surface area contributed by atoms with Crippen molar-refractivity contribution in [2.75, 3.05) is 67.7 Å². The molecule has 26 heavy (non-hydrogen) atoms. The SMILES string of the molecule is CN=C(NCCOc1ccc(OC)cc1)NCCN(C)CCCOC.I. The Hall–Kier alpha value is -1.26. The molecule has 0 aliphatic rings. The van der Waals surface area contributed by atoms with Crippen LogP contribution in [0.3, 0.4) is 0 Å². The quantitative estimate of drug-likeness (QED) is 0.206. The van der Waals surface area contributed by atoms with Gasteiger partial charge >= 0.3 is 0 Å². The molecule has 0 atom stereocenters. The van der Waals surface area contributed by atoms with E-state index in [2.05, 4.69) is 27.6 Å². The van der Waals surface area contributed by atoms with Crippen molar-refractivity contribution in [1.82, 2.24) is 15.5 Å². The molecule has 150 valence electrons. The van der Waals surface area contributed by atoms with Crippen molar-refractivity contribution in [2.24, 2.45) is 4.99 Å². The third-order valence-electron chi connectivity index (χ3n) is 3.62. The Morgan fingerprint density at radius 2 is 1.65 bits per heavy atom. The highest BCUT2D eigenvalue weighted by Crippen LogP contribution is 2.16. The molecule has 0 aliphatic carbocycles. The first-order valence-corrected chi connectivity index (χ1v) is 8.58. The van der Waals surface area contributed by atoms with Crippen LogP contribution in [0.5, 0.6) is 11.5 Å². The predicted octanol–water partition coefficient (Wildman–Crippen LogP) is 1.83. The van der Waals surface area contributed by atoms with Crippen LogP contribution in [0.1, 0.15) is 6.42 Å². The lowest BCUT2D eigenvalue weighted by Crippen LogP contribution is -2.42. The van der Waals surface area contributed by atoms with Gasteiger partial charge in [-0.25, -0.2) is 0 Å². The lowest BCUT2D eigenvalue weighted by molar-refractivity contribution is 0.180. The molecule has 7 nitrogen and oxygen atoms in total. The number of halogens is 1. The highest BCUT2D eigenvalue weighted by Gasteiger charge is 2.01. The second kappa shape index (κ2) is 16.0. The summed E-state index contributed by atoms with van der Waals surface area (Å²) < 4.78 is 15.9. The average Bonchev–Trinajstić information content (AvgIpc) is 2.64. The second-order valence-electron chi connectivity index (χ2n) is 5.60. The molecule has 0 saturated carbocycles. The highest BCUT2D eigenvalue weighted by atomic mass is 127. The van der Waals surface area contributed by atoms with E-state index in [1.807, 2.05) is 24.3 Å². The number of likely N-dealkylation sites (N-methyl/N-ethyl adjacent to an activating group) is 1. The number of nitrogens with one attached hydrogen (secondary N) is 2. The van der Waals surface area contributed by atoms with E-state index < -0.39 is 0 Å². The van der Waals surface area contributed by atoms with Crippen molar-refractivity contribution in [3.63, 3.8) is 0 Å². The molecule has 2 N–H and O–H groups in total. The van der Waals surface area contributed by atoms with E-state index in [0.717, 1.165) is 50.1 Å². The lowest BCUT2D eigenvalue weighted by atomic mass is 10.3. The smallest absolute Gasteiger partial charge is 0.191 e. The molecule has 0 heterocycles.